The van der Waals surface area contributed by atoms with Crippen LogP contribution < -0.4 is 0 Å². The molecule has 0 saturated carbocycles. The average Bonchev–Trinajstić information content (AvgIpc) is 1.94. The number of carbonyl (C=O) groups excluding carboxylic acids is 2. The van der Waals surface area contributed by atoms with Gasteiger partial charge in [-0.3, -0.25) is 9.59 Å². The molecule has 1 heterocycles. The average molecular weight is 184 g/mol. The molecule has 0 bridgehead atoms. The van der Waals surface area contributed by atoms with E-state index in [0.29, 0.717) is 0 Å². The number of cyclic esters (lactones) is 2. The zero-order chi connectivity index (χ0) is 10.1. The fraction of sp³-hybridized carbons (Fsp3) is 0.556. The molecule has 72 valence electrons. The van der Waals surface area contributed by atoms with Gasteiger partial charge in [0.1, 0.15) is 0 Å². The molecule has 1 saturated heterocycles. The van der Waals surface area contributed by atoms with Gasteiger partial charge in [0.2, 0.25) is 0 Å². The molecule has 13 heavy (non-hydrogen) atoms. The van der Waals surface area contributed by atoms with Crippen molar-refractivity contribution < 1.29 is 19.1 Å². The maximum atomic E-state index is 11.2. The number of hydrogen-bond acceptors (Lipinski definition) is 4. The Kier molecular flexibility index (Phi) is 2.40. The highest BCUT2D eigenvalue weighted by Crippen LogP contribution is 2.23. The molecular weight excluding hydrogens is 172 g/mol. The molecular formula is C9H12O4. The Morgan fingerprint density at radius 3 is 2.08 bits per heavy atom. The van der Waals surface area contributed by atoms with Gasteiger partial charge in [0.15, 0.2) is 5.92 Å². The molecule has 0 aromatic carbocycles. The van der Waals surface area contributed by atoms with Crippen molar-refractivity contribution in [2.45, 2.75) is 26.6 Å². The minimum absolute atomic E-state index is 0.556. The SMILES string of the molecule is C/C=C\C1C(=O)OC(C)(C)OC1=O. The second-order valence-electron chi connectivity index (χ2n) is 3.25. The largest absolute Gasteiger partial charge is 0.422 e. The zero-order valence-electron chi connectivity index (χ0n) is 7.87. The second kappa shape index (κ2) is 3.20. The summed E-state index contributed by atoms with van der Waals surface area (Å²) in [6.45, 7) is 4.77. The first kappa shape index (κ1) is 9.77. The van der Waals surface area contributed by atoms with E-state index in [2.05, 4.69) is 0 Å². The number of carbonyl (C=O) groups is 2. The van der Waals surface area contributed by atoms with E-state index in [9.17, 15) is 9.59 Å². The molecule has 0 N–H and O–H groups in total. The van der Waals surface area contributed by atoms with Crippen LogP contribution in [0.15, 0.2) is 12.2 Å². The number of rotatable bonds is 1. The second-order valence-corrected chi connectivity index (χ2v) is 3.25. The van der Waals surface area contributed by atoms with Gasteiger partial charge in [0.05, 0.1) is 0 Å². The highest BCUT2D eigenvalue weighted by Gasteiger charge is 2.41. The summed E-state index contributed by atoms with van der Waals surface area (Å²) in [7, 11) is 0. The predicted molar refractivity (Wildman–Crippen MR) is 44.6 cm³/mol. The Hall–Kier alpha value is -1.32. The van der Waals surface area contributed by atoms with Crippen molar-refractivity contribution >= 4 is 11.9 Å². The van der Waals surface area contributed by atoms with E-state index in [-0.39, 0.29) is 0 Å². The van der Waals surface area contributed by atoms with Crippen LogP contribution in [0.1, 0.15) is 20.8 Å². The van der Waals surface area contributed by atoms with Crippen molar-refractivity contribution in [2.24, 2.45) is 5.92 Å². The van der Waals surface area contributed by atoms with Gasteiger partial charge in [-0.05, 0) is 6.92 Å². The molecule has 1 fully saturated rings. The molecule has 1 rings (SSSR count). The molecule has 0 aromatic heterocycles. The normalized spacial score (nSPS) is 23.0. The van der Waals surface area contributed by atoms with Gasteiger partial charge in [0, 0.05) is 13.8 Å². The van der Waals surface area contributed by atoms with E-state index < -0.39 is 23.6 Å². The maximum absolute atomic E-state index is 11.2. The summed E-state index contributed by atoms with van der Waals surface area (Å²) in [5.41, 5.74) is 0. The molecule has 0 aromatic rings. The van der Waals surface area contributed by atoms with Crippen LogP contribution in [0.3, 0.4) is 0 Å². The summed E-state index contributed by atoms with van der Waals surface area (Å²) in [6, 6.07) is 0. The van der Waals surface area contributed by atoms with Gasteiger partial charge in [-0.25, -0.2) is 0 Å². The highest BCUT2D eigenvalue weighted by atomic mass is 16.7. The summed E-state index contributed by atoms with van der Waals surface area (Å²) in [4.78, 5) is 22.5. The smallest absolute Gasteiger partial charge is 0.327 e. The highest BCUT2D eigenvalue weighted by molar-refractivity contribution is 5.98. The lowest BCUT2D eigenvalue weighted by atomic mass is 10.1. The van der Waals surface area contributed by atoms with Gasteiger partial charge in [-0.2, -0.15) is 0 Å². The Balaban J connectivity index is 2.83. The lowest BCUT2D eigenvalue weighted by Crippen LogP contribution is -2.45. The Morgan fingerprint density at radius 1 is 1.23 bits per heavy atom. The molecule has 0 aliphatic carbocycles. The lowest BCUT2D eigenvalue weighted by Gasteiger charge is -2.31. The van der Waals surface area contributed by atoms with E-state index >= 15 is 0 Å². The summed E-state index contributed by atoms with van der Waals surface area (Å²) >= 11 is 0. The van der Waals surface area contributed by atoms with Crippen LogP contribution in [0.5, 0.6) is 0 Å². The van der Waals surface area contributed by atoms with Crippen molar-refractivity contribution in [2.75, 3.05) is 0 Å². The molecule has 1 aliphatic heterocycles. The molecule has 0 spiro atoms. The van der Waals surface area contributed by atoms with Gasteiger partial charge < -0.3 is 9.47 Å². The fourth-order valence-electron chi connectivity index (χ4n) is 1.08. The van der Waals surface area contributed by atoms with Crippen LogP contribution >= 0.6 is 0 Å². The lowest BCUT2D eigenvalue weighted by molar-refractivity contribution is -0.237. The zero-order valence-corrected chi connectivity index (χ0v) is 7.87. The molecule has 4 nitrogen and oxygen atoms in total. The van der Waals surface area contributed by atoms with Crippen LogP contribution in [0.2, 0.25) is 0 Å². The van der Waals surface area contributed by atoms with Crippen molar-refractivity contribution in [3.63, 3.8) is 0 Å². The molecule has 0 amide bonds. The van der Waals surface area contributed by atoms with E-state index in [4.69, 9.17) is 9.47 Å². The van der Waals surface area contributed by atoms with E-state index in [1.807, 2.05) is 0 Å². The van der Waals surface area contributed by atoms with Crippen LogP contribution in [0, 0.1) is 5.92 Å². The third-order valence-electron chi connectivity index (χ3n) is 1.59. The maximum Gasteiger partial charge on any atom is 0.327 e. The van der Waals surface area contributed by atoms with Gasteiger partial charge >= 0.3 is 11.9 Å². The van der Waals surface area contributed by atoms with Crippen molar-refractivity contribution in [3.8, 4) is 0 Å². The van der Waals surface area contributed by atoms with Gasteiger partial charge in [-0.15, -0.1) is 0 Å². The van der Waals surface area contributed by atoms with Gasteiger partial charge in [0.25, 0.3) is 5.79 Å². The molecule has 0 atom stereocenters. The third kappa shape index (κ3) is 2.08. The predicted octanol–water partition coefficient (Wildman–Crippen LogP) is 1.01. The Bertz CT molecular complexity index is 245. The van der Waals surface area contributed by atoms with Gasteiger partial charge in [-0.1, -0.05) is 12.2 Å². The fourth-order valence-corrected chi connectivity index (χ4v) is 1.08. The third-order valence-corrected chi connectivity index (χ3v) is 1.59. The first-order chi connectivity index (χ1) is 5.96. The van der Waals surface area contributed by atoms with Crippen molar-refractivity contribution in [3.05, 3.63) is 12.2 Å². The molecule has 4 heteroatoms. The summed E-state index contributed by atoms with van der Waals surface area (Å²) in [6.07, 6.45) is 3.07. The summed E-state index contributed by atoms with van der Waals surface area (Å²) < 4.78 is 9.75. The van der Waals surface area contributed by atoms with Crippen LogP contribution in [-0.4, -0.2) is 17.7 Å². The topological polar surface area (TPSA) is 52.6 Å². The molecule has 0 unspecified atom stereocenters. The molecule has 1 aliphatic rings. The van der Waals surface area contributed by atoms with E-state index in [1.165, 1.54) is 19.9 Å². The van der Waals surface area contributed by atoms with E-state index in [0.717, 1.165) is 0 Å². The monoisotopic (exact) mass is 184 g/mol. The summed E-state index contributed by atoms with van der Waals surface area (Å²) in [5.74, 6) is -3.15. The first-order valence-electron chi connectivity index (χ1n) is 4.05. The number of hydrogen-bond donors (Lipinski definition) is 0. The van der Waals surface area contributed by atoms with E-state index in [1.54, 1.807) is 13.0 Å². The number of allylic oxidation sites excluding steroid dienone is 1. The summed E-state index contributed by atoms with van der Waals surface area (Å²) in [5, 5.41) is 0. The minimum Gasteiger partial charge on any atom is -0.422 e. The van der Waals surface area contributed by atoms with Crippen LogP contribution in [0.25, 0.3) is 0 Å². The van der Waals surface area contributed by atoms with Crippen molar-refractivity contribution in [1.82, 2.24) is 0 Å². The Labute approximate surface area is 76.5 Å². The number of ether oxygens (including phenoxy) is 2. The van der Waals surface area contributed by atoms with Crippen molar-refractivity contribution in [1.29, 1.82) is 0 Å². The minimum atomic E-state index is -1.13. The van der Waals surface area contributed by atoms with Crippen LogP contribution in [-0.2, 0) is 19.1 Å². The van der Waals surface area contributed by atoms with Crippen LogP contribution in [0.4, 0.5) is 0 Å². The quantitative estimate of drug-likeness (QED) is 0.347. The standard InChI is InChI=1S/C9H12O4/c1-4-5-6-7(10)12-9(2,3)13-8(6)11/h4-6H,1-3H3/b5-4-. The Morgan fingerprint density at radius 2 is 1.69 bits per heavy atom. The first-order valence-corrected chi connectivity index (χ1v) is 4.05. The number of esters is 2. The molecule has 0 radical (unpaired) electrons.